The fourth-order valence-corrected chi connectivity index (χ4v) is 1.85. The van der Waals surface area contributed by atoms with Crippen molar-refractivity contribution < 1.29 is 0 Å². The van der Waals surface area contributed by atoms with E-state index in [0.717, 1.165) is 37.4 Å². The molecule has 0 bridgehead atoms. The molecule has 2 rings (SSSR count). The summed E-state index contributed by atoms with van der Waals surface area (Å²) in [7, 11) is 0. The lowest BCUT2D eigenvalue weighted by Gasteiger charge is -2.07. The first kappa shape index (κ1) is 13.6. The molecule has 0 aliphatic carbocycles. The normalized spacial score (nSPS) is 10.2. The molecule has 0 aliphatic rings. The molecule has 0 unspecified atom stereocenters. The molecule has 2 aromatic rings. The van der Waals surface area contributed by atoms with E-state index in [2.05, 4.69) is 20.6 Å². The number of hydrogen-bond acceptors (Lipinski definition) is 4. The third-order valence-corrected chi connectivity index (χ3v) is 2.84. The summed E-state index contributed by atoms with van der Waals surface area (Å²) in [6.45, 7) is 1.85. The number of aromatic nitrogens is 2. The van der Waals surface area contributed by atoms with Gasteiger partial charge in [-0.3, -0.25) is 0 Å². The Morgan fingerprint density at radius 1 is 0.947 bits per heavy atom. The number of halogens is 1. The van der Waals surface area contributed by atoms with Crippen LogP contribution in [0.4, 0.5) is 11.5 Å². The Balaban J connectivity index is 1.58. The summed E-state index contributed by atoms with van der Waals surface area (Å²) in [6.07, 6.45) is 5.66. The molecule has 2 heterocycles. The monoisotopic (exact) mass is 276 g/mol. The van der Waals surface area contributed by atoms with Crippen molar-refractivity contribution >= 4 is 23.1 Å². The molecule has 2 N–H and O–H groups in total. The third-order valence-electron chi connectivity index (χ3n) is 2.63. The van der Waals surface area contributed by atoms with Gasteiger partial charge >= 0.3 is 0 Å². The molecule has 0 atom stereocenters. The van der Waals surface area contributed by atoms with Gasteiger partial charge in [0.15, 0.2) is 0 Å². The quantitative estimate of drug-likeness (QED) is 0.601. The predicted octanol–water partition coefficient (Wildman–Crippen LogP) is 3.43. The highest BCUT2D eigenvalue weighted by Gasteiger charge is 1.95. The van der Waals surface area contributed by atoms with Gasteiger partial charge in [-0.15, -0.1) is 0 Å². The zero-order valence-electron chi connectivity index (χ0n) is 10.6. The SMILES string of the molecule is Clc1cc(NCCCCNc2ccccn2)ccn1. The molecular weight excluding hydrogens is 260 g/mol. The minimum absolute atomic E-state index is 0.516. The molecule has 2 aromatic heterocycles. The lowest BCUT2D eigenvalue weighted by atomic mass is 10.3. The smallest absolute Gasteiger partial charge is 0.131 e. The minimum atomic E-state index is 0.516. The highest BCUT2D eigenvalue weighted by atomic mass is 35.5. The van der Waals surface area contributed by atoms with Crippen molar-refractivity contribution in [2.45, 2.75) is 12.8 Å². The molecule has 100 valence electrons. The van der Waals surface area contributed by atoms with Crippen molar-refractivity contribution in [1.29, 1.82) is 0 Å². The van der Waals surface area contributed by atoms with E-state index in [0.29, 0.717) is 5.15 Å². The molecule has 0 amide bonds. The van der Waals surface area contributed by atoms with Crippen molar-refractivity contribution in [1.82, 2.24) is 9.97 Å². The molecule has 0 spiro atoms. The Morgan fingerprint density at radius 3 is 2.53 bits per heavy atom. The van der Waals surface area contributed by atoms with E-state index < -0.39 is 0 Å². The summed E-state index contributed by atoms with van der Waals surface area (Å²) in [5.41, 5.74) is 1.01. The third kappa shape index (κ3) is 5.14. The van der Waals surface area contributed by atoms with Crippen LogP contribution < -0.4 is 10.6 Å². The number of hydrogen-bond donors (Lipinski definition) is 2. The first-order valence-electron chi connectivity index (χ1n) is 6.35. The van der Waals surface area contributed by atoms with Gasteiger partial charge in [-0.1, -0.05) is 17.7 Å². The van der Waals surface area contributed by atoms with Gasteiger partial charge in [-0.2, -0.15) is 0 Å². The minimum Gasteiger partial charge on any atom is -0.385 e. The van der Waals surface area contributed by atoms with E-state index in [1.807, 2.05) is 30.3 Å². The molecule has 0 saturated heterocycles. The summed E-state index contributed by atoms with van der Waals surface area (Å²) in [5.74, 6) is 0.927. The van der Waals surface area contributed by atoms with Crippen LogP contribution in [0.3, 0.4) is 0 Å². The summed E-state index contributed by atoms with van der Waals surface area (Å²) in [6, 6.07) is 9.60. The van der Waals surface area contributed by atoms with Gasteiger partial charge in [0.25, 0.3) is 0 Å². The number of nitrogens with zero attached hydrogens (tertiary/aromatic N) is 2. The van der Waals surface area contributed by atoms with E-state index >= 15 is 0 Å². The van der Waals surface area contributed by atoms with Gasteiger partial charge in [-0.25, -0.2) is 9.97 Å². The van der Waals surface area contributed by atoms with E-state index in [1.165, 1.54) is 0 Å². The van der Waals surface area contributed by atoms with Gasteiger partial charge in [-0.05, 0) is 37.1 Å². The van der Waals surface area contributed by atoms with Crippen LogP contribution >= 0.6 is 11.6 Å². The number of unbranched alkanes of at least 4 members (excludes halogenated alkanes) is 1. The molecule has 19 heavy (non-hydrogen) atoms. The maximum Gasteiger partial charge on any atom is 0.131 e. The molecule has 0 fully saturated rings. The van der Waals surface area contributed by atoms with Crippen LogP contribution in [0.25, 0.3) is 0 Å². The van der Waals surface area contributed by atoms with Gasteiger partial charge < -0.3 is 10.6 Å². The van der Waals surface area contributed by atoms with E-state index in [1.54, 1.807) is 12.4 Å². The first-order valence-corrected chi connectivity index (χ1v) is 6.73. The summed E-state index contributed by atoms with van der Waals surface area (Å²) in [4.78, 5) is 8.15. The predicted molar refractivity (Wildman–Crippen MR) is 79.7 cm³/mol. The molecule has 0 saturated carbocycles. The Bertz CT molecular complexity index is 490. The molecule has 5 heteroatoms. The van der Waals surface area contributed by atoms with E-state index in [4.69, 9.17) is 11.6 Å². The number of pyridine rings is 2. The molecule has 0 aromatic carbocycles. The van der Waals surface area contributed by atoms with Gasteiger partial charge in [0.2, 0.25) is 0 Å². The van der Waals surface area contributed by atoms with Crippen molar-refractivity contribution in [3.8, 4) is 0 Å². The molecule has 0 aliphatic heterocycles. The van der Waals surface area contributed by atoms with E-state index in [9.17, 15) is 0 Å². The second kappa shape index (κ2) is 7.59. The van der Waals surface area contributed by atoms with Crippen LogP contribution in [0.15, 0.2) is 42.7 Å². The second-order valence-electron chi connectivity index (χ2n) is 4.14. The summed E-state index contributed by atoms with van der Waals surface area (Å²) >= 11 is 5.81. The van der Waals surface area contributed by atoms with Gasteiger partial charge in [0.1, 0.15) is 11.0 Å². The molecule has 0 radical (unpaired) electrons. The average molecular weight is 277 g/mol. The molecular formula is C14H17ClN4. The van der Waals surface area contributed by atoms with Crippen molar-refractivity contribution in [3.63, 3.8) is 0 Å². The number of nitrogens with one attached hydrogen (secondary N) is 2. The lowest BCUT2D eigenvalue weighted by Crippen LogP contribution is -2.07. The zero-order chi connectivity index (χ0) is 13.3. The van der Waals surface area contributed by atoms with Crippen molar-refractivity contribution in [3.05, 3.63) is 47.9 Å². The second-order valence-corrected chi connectivity index (χ2v) is 4.53. The van der Waals surface area contributed by atoms with Crippen molar-refractivity contribution in [2.24, 2.45) is 0 Å². The standard InChI is InChI=1S/C14H17ClN4/c15-13-11-12(6-10-17-13)16-7-3-4-9-19-14-5-1-2-8-18-14/h1-2,5-6,8,10-11H,3-4,7,9H2,(H,16,17)(H,18,19). The zero-order valence-corrected chi connectivity index (χ0v) is 11.4. The van der Waals surface area contributed by atoms with Crippen LogP contribution in [0.5, 0.6) is 0 Å². The Hall–Kier alpha value is -1.81. The lowest BCUT2D eigenvalue weighted by molar-refractivity contribution is 0.793. The van der Waals surface area contributed by atoms with Gasteiger partial charge in [0.05, 0.1) is 0 Å². The van der Waals surface area contributed by atoms with E-state index in [-0.39, 0.29) is 0 Å². The maximum atomic E-state index is 5.81. The van der Waals surface area contributed by atoms with Crippen LogP contribution in [-0.4, -0.2) is 23.1 Å². The van der Waals surface area contributed by atoms with Crippen LogP contribution in [-0.2, 0) is 0 Å². The summed E-state index contributed by atoms with van der Waals surface area (Å²) < 4.78 is 0. The Kier molecular flexibility index (Phi) is 5.44. The Morgan fingerprint density at radius 2 is 1.79 bits per heavy atom. The van der Waals surface area contributed by atoms with Crippen molar-refractivity contribution in [2.75, 3.05) is 23.7 Å². The fourth-order valence-electron chi connectivity index (χ4n) is 1.68. The summed E-state index contributed by atoms with van der Waals surface area (Å²) in [5, 5.41) is 7.11. The van der Waals surface area contributed by atoms with Gasteiger partial charge in [0, 0.05) is 31.2 Å². The van der Waals surface area contributed by atoms with Crippen LogP contribution in [0.1, 0.15) is 12.8 Å². The number of anilines is 2. The first-order chi connectivity index (χ1) is 9.34. The van der Waals surface area contributed by atoms with Crippen LogP contribution in [0, 0.1) is 0 Å². The largest absolute Gasteiger partial charge is 0.385 e. The fraction of sp³-hybridized carbons (Fsp3) is 0.286. The topological polar surface area (TPSA) is 49.8 Å². The maximum absolute atomic E-state index is 5.81. The highest BCUT2D eigenvalue weighted by molar-refractivity contribution is 6.29. The number of rotatable bonds is 7. The Labute approximate surface area is 118 Å². The highest BCUT2D eigenvalue weighted by Crippen LogP contribution is 2.11. The van der Waals surface area contributed by atoms with Crippen LogP contribution in [0.2, 0.25) is 5.15 Å². The molecule has 4 nitrogen and oxygen atoms in total. The average Bonchev–Trinajstić information content (AvgIpc) is 2.44.